The highest BCUT2D eigenvalue weighted by molar-refractivity contribution is 6.07. The van der Waals surface area contributed by atoms with Crippen molar-refractivity contribution in [2.45, 2.75) is 45.7 Å². The van der Waals surface area contributed by atoms with E-state index in [4.69, 9.17) is 0 Å². The zero-order valence-corrected chi connectivity index (χ0v) is 8.26. The maximum atomic E-state index is 11.5. The summed E-state index contributed by atoms with van der Waals surface area (Å²) in [6.45, 7) is 8.61. The zero-order chi connectivity index (χ0) is 9.73. The van der Waals surface area contributed by atoms with Crippen molar-refractivity contribution in [3.8, 4) is 0 Å². The van der Waals surface area contributed by atoms with Crippen LogP contribution < -0.4 is 0 Å². The molecule has 0 bridgehead atoms. The third kappa shape index (κ3) is 0.822. The second-order valence-corrected chi connectivity index (χ2v) is 4.30. The van der Waals surface area contributed by atoms with Crippen molar-refractivity contribution < 1.29 is 9.59 Å². The highest BCUT2D eigenvalue weighted by atomic mass is 16.2. The SMILES string of the molecule is CC(=O)N1C(C)(C)C(=O)C1(C)C. The quantitative estimate of drug-likeness (QED) is 0.542. The van der Waals surface area contributed by atoms with E-state index in [-0.39, 0.29) is 11.7 Å². The average molecular weight is 169 g/mol. The fourth-order valence-corrected chi connectivity index (χ4v) is 2.38. The van der Waals surface area contributed by atoms with E-state index in [0.29, 0.717) is 0 Å². The Labute approximate surface area is 72.7 Å². The van der Waals surface area contributed by atoms with E-state index in [9.17, 15) is 9.59 Å². The largest absolute Gasteiger partial charge is 0.318 e. The highest BCUT2D eigenvalue weighted by Crippen LogP contribution is 2.40. The van der Waals surface area contributed by atoms with Crippen molar-refractivity contribution in [2.24, 2.45) is 0 Å². The van der Waals surface area contributed by atoms with Gasteiger partial charge in [0.2, 0.25) is 5.91 Å². The minimum absolute atomic E-state index is 0.0374. The first-order valence-electron chi connectivity index (χ1n) is 4.08. The van der Waals surface area contributed by atoms with Crippen LogP contribution >= 0.6 is 0 Å². The lowest BCUT2D eigenvalue weighted by molar-refractivity contribution is -0.178. The second kappa shape index (κ2) is 2.09. The summed E-state index contributed by atoms with van der Waals surface area (Å²) < 4.78 is 0. The Kier molecular flexibility index (Phi) is 1.61. The van der Waals surface area contributed by atoms with Gasteiger partial charge in [-0.1, -0.05) is 0 Å². The molecule has 0 N–H and O–H groups in total. The van der Waals surface area contributed by atoms with Gasteiger partial charge in [-0.2, -0.15) is 0 Å². The van der Waals surface area contributed by atoms with Crippen LogP contribution in [0, 0.1) is 0 Å². The van der Waals surface area contributed by atoms with Gasteiger partial charge in [0.25, 0.3) is 0 Å². The molecule has 1 heterocycles. The van der Waals surface area contributed by atoms with Crippen LogP contribution in [0.5, 0.6) is 0 Å². The van der Waals surface area contributed by atoms with Gasteiger partial charge in [0.1, 0.15) is 0 Å². The van der Waals surface area contributed by atoms with Gasteiger partial charge in [-0.15, -0.1) is 0 Å². The number of carbonyl (C=O) groups excluding carboxylic acids is 2. The van der Waals surface area contributed by atoms with Crippen molar-refractivity contribution in [1.29, 1.82) is 0 Å². The Bertz CT molecular complexity index is 235. The predicted octanol–water partition coefficient (Wildman–Crippen LogP) is 0.975. The molecule has 0 spiro atoms. The molecule has 12 heavy (non-hydrogen) atoms. The van der Waals surface area contributed by atoms with Crippen molar-refractivity contribution >= 4 is 11.7 Å². The van der Waals surface area contributed by atoms with Crippen LogP contribution in [0.4, 0.5) is 0 Å². The maximum absolute atomic E-state index is 11.5. The molecule has 1 saturated heterocycles. The summed E-state index contributed by atoms with van der Waals surface area (Å²) in [5.41, 5.74) is -1.20. The Morgan fingerprint density at radius 2 is 1.50 bits per heavy atom. The Balaban J connectivity index is 3.02. The van der Waals surface area contributed by atoms with Gasteiger partial charge in [-0.05, 0) is 27.7 Å². The lowest BCUT2D eigenvalue weighted by atomic mass is 9.71. The molecule has 3 heteroatoms. The molecule has 0 saturated carbocycles. The van der Waals surface area contributed by atoms with E-state index in [1.54, 1.807) is 32.6 Å². The van der Waals surface area contributed by atoms with Crippen molar-refractivity contribution in [2.75, 3.05) is 0 Å². The Morgan fingerprint density at radius 3 is 1.67 bits per heavy atom. The molecule has 0 radical (unpaired) electrons. The lowest BCUT2D eigenvalue weighted by Crippen LogP contribution is -2.78. The minimum Gasteiger partial charge on any atom is -0.318 e. The molecule has 1 fully saturated rings. The number of hydrogen-bond donors (Lipinski definition) is 0. The van der Waals surface area contributed by atoms with Gasteiger partial charge in [0.15, 0.2) is 5.78 Å². The van der Waals surface area contributed by atoms with Gasteiger partial charge in [0, 0.05) is 6.92 Å². The molecule has 3 nitrogen and oxygen atoms in total. The average Bonchev–Trinajstić information content (AvgIpc) is 1.83. The topological polar surface area (TPSA) is 37.4 Å². The standard InChI is InChI=1S/C9H15NO2/c1-6(11)10-8(2,3)7(12)9(10,4)5/h1-5H3. The van der Waals surface area contributed by atoms with Crippen LogP contribution in [0.15, 0.2) is 0 Å². The summed E-state index contributed by atoms with van der Waals surface area (Å²) >= 11 is 0. The fraction of sp³-hybridized carbons (Fsp3) is 0.778. The molecule has 0 aromatic rings. The molecular formula is C9H15NO2. The molecular weight excluding hydrogens is 154 g/mol. The third-order valence-electron chi connectivity index (χ3n) is 2.54. The monoisotopic (exact) mass is 169 g/mol. The van der Waals surface area contributed by atoms with E-state index in [1.807, 2.05) is 0 Å². The number of ketones is 1. The number of carbonyl (C=O) groups is 2. The number of rotatable bonds is 0. The highest BCUT2D eigenvalue weighted by Gasteiger charge is 2.60. The minimum atomic E-state index is -0.602. The van der Waals surface area contributed by atoms with Crippen LogP contribution in [0.2, 0.25) is 0 Å². The van der Waals surface area contributed by atoms with E-state index < -0.39 is 11.1 Å². The van der Waals surface area contributed by atoms with Crippen molar-refractivity contribution in [1.82, 2.24) is 4.90 Å². The van der Waals surface area contributed by atoms with Crippen molar-refractivity contribution in [3.63, 3.8) is 0 Å². The van der Waals surface area contributed by atoms with E-state index in [0.717, 1.165) is 0 Å². The number of amides is 1. The number of hydrogen-bond acceptors (Lipinski definition) is 2. The molecule has 0 aromatic carbocycles. The maximum Gasteiger partial charge on any atom is 0.221 e. The molecule has 1 aliphatic rings. The van der Waals surface area contributed by atoms with Crippen LogP contribution in [-0.4, -0.2) is 27.7 Å². The van der Waals surface area contributed by atoms with E-state index >= 15 is 0 Å². The van der Waals surface area contributed by atoms with Gasteiger partial charge in [-0.25, -0.2) is 0 Å². The summed E-state index contributed by atoms with van der Waals surface area (Å²) in [6, 6.07) is 0. The van der Waals surface area contributed by atoms with Crippen LogP contribution in [-0.2, 0) is 9.59 Å². The summed E-state index contributed by atoms with van der Waals surface area (Å²) in [6.07, 6.45) is 0. The zero-order valence-electron chi connectivity index (χ0n) is 8.26. The molecule has 0 unspecified atom stereocenters. The second-order valence-electron chi connectivity index (χ2n) is 4.30. The van der Waals surface area contributed by atoms with Gasteiger partial charge in [-0.3, -0.25) is 9.59 Å². The summed E-state index contributed by atoms with van der Waals surface area (Å²) in [5, 5.41) is 0. The Morgan fingerprint density at radius 1 is 1.17 bits per heavy atom. The van der Waals surface area contributed by atoms with Crippen molar-refractivity contribution in [3.05, 3.63) is 0 Å². The van der Waals surface area contributed by atoms with Gasteiger partial charge >= 0.3 is 0 Å². The van der Waals surface area contributed by atoms with E-state index in [1.165, 1.54) is 6.92 Å². The number of nitrogens with zero attached hydrogens (tertiary/aromatic N) is 1. The molecule has 1 aliphatic heterocycles. The number of Topliss-reactive ketones (excluding diaryl/α,β-unsaturated/α-hetero) is 1. The molecule has 1 amide bonds. The molecule has 68 valence electrons. The predicted molar refractivity (Wildman–Crippen MR) is 45.7 cm³/mol. The number of likely N-dealkylation sites (tertiary alicyclic amines) is 1. The van der Waals surface area contributed by atoms with Gasteiger partial charge in [0.05, 0.1) is 11.1 Å². The fourth-order valence-electron chi connectivity index (χ4n) is 2.38. The smallest absolute Gasteiger partial charge is 0.221 e. The van der Waals surface area contributed by atoms with Crippen LogP contribution in [0.1, 0.15) is 34.6 Å². The van der Waals surface area contributed by atoms with Gasteiger partial charge < -0.3 is 4.90 Å². The molecule has 1 rings (SSSR count). The summed E-state index contributed by atoms with van der Waals surface area (Å²) in [4.78, 5) is 24.3. The first kappa shape index (κ1) is 9.23. The normalized spacial score (nSPS) is 25.1. The third-order valence-corrected chi connectivity index (χ3v) is 2.54. The summed E-state index contributed by atoms with van der Waals surface area (Å²) in [7, 11) is 0. The van der Waals surface area contributed by atoms with Crippen LogP contribution in [0.3, 0.4) is 0 Å². The summed E-state index contributed by atoms with van der Waals surface area (Å²) in [5.74, 6) is 0.0924. The lowest BCUT2D eigenvalue weighted by Gasteiger charge is -2.58. The Hall–Kier alpha value is -0.860. The first-order chi connectivity index (χ1) is 5.22. The van der Waals surface area contributed by atoms with E-state index in [2.05, 4.69) is 0 Å². The first-order valence-corrected chi connectivity index (χ1v) is 4.08. The molecule has 0 atom stereocenters. The molecule has 0 aliphatic carbocycles. The molecule has 0 aromatic heterocycles. The van der Waals surface area contributed by atoms with Crippen LogP contribution in [0.25, 0.3) is 0 Å².